The van der Waals surface area contributed by atoms with E-state index in [1.807, 2.05) is 0 Å². The van der Waals surface area contributed by atoms with Crippen LogP contribution >= 0.6 is 0 Å². The van der Waals surface area contributed by atoms with Crippen LogP contribution in [0, 0.1) is 0 Å². The summed E-state index contributed by atoms with van der Waals surface area (Å²) in [5.74, 6) is -1.64. The summed E-state index contributed by atoms with van der Waals surface area (Å²) in [6, 6.07) is 9.37. The summed E-state index contributed by atoms with van der Waals surface area (Å²) in [6.07, 6.45) is 0. The number of nitrogens with zero attached hydrogens (tertiary/aromatic N) is 1. The normalized spacial score (nSPS) is 12.3. The first-order chi connectivity index (χ1) is 8.50. The van der Waals surface area contributed by atoms with E-state index >= 15 is 0 Å². The Morgan fingerprint density at radius 1 is 1.06 bits per heavy atom. The van der Waals surface area contributed by atoms with Gasteiger partial charge in [-0.1, -0.05) is 12.1 Å². The van der Waals surface area contributed by atoms with Gasteiger partial charge in [0.25, 0.3) is 0 Å². The molecule has 0 aliphatic carbocycles. The summed E-state index contributed by atoms with van der Waals surface area (Å²) in [5, 5.41) is 28.0. The van der Waals surface area contributed by atoms with E-state index in [4.69, 9.17) is 5.11 Å². The Balaban J connectivity index is 2.36. The molecule has 1 unspecified atom stereocenters. The largest absolute Gasteiger partial charge is 0.494 e. The van der Waals surface area contributed by atoms with Crippen LogP contribution < -0.4 is 0 Å². The summed E-state index contributed by atoms with van der Waals surface area (Å²) in [6.45, 7) is 1.60. The van der Waals surface area contributed by atoms with Crippen LogP contribution in [0.25, 0.3) is 5.69 Å². The van der Waals surface area contributed by atoms with Crippen molar-refractivity contribution in [3.8, 4) is 17.4 Å². The predicted molar refractivity (Wildman–Crippen MR) is 65.1 cm³/mol. The Morgan fingerprint density at radius 2 is 1.56 bits per heavy atom. The van der Waals surface area contributed by atoms with Crippen LogP contribution in [0.4, 0.5) is 0 Å². The van der Waals surface area contributed by atoms with Crippen LogP contribution in [0.5, 0.6) is 11.8 Å². The Hall–Kier alpha value is -2.43. The molecule has 1 aromatic heterocycles. The minimum Gasteiger partial charge on any atom is -0.494 e. The summed E-state index contributed by atoms with van der Waals surface area (Å²) in [7, 11) is 0. The lowest BCUT2D eigenvalue weighted by Gasteiger charge is -2.10. The number of aromatic nitrogens is 1. The van der Waals surface area contributed by atoms with Crippen molar-refractivity contribution < 1.29 is 20.1 Å². The van der Waals surface area contributed by atoms with Gasteiger partial charge in [0.15, 0.2) is 11.8 Å². The van der Waals surface area contributed by atoms with Crippen LogP contribution in [0.3, 0.4) is 0 Å². The van der Waals surface area contributed by atoms with Gasteiger partial charge in [0.2, 0.25) is 0 Å². The lowest BCUT2D eigenvalue weighted by Crippen LogP contribution is -2.07. The van der Waals surface area contributed by atoms with Crippen LogP contribution in [-0.2, 0) is 4.79 Å². The van der Waals surface area contributed by atoms with Gasteiger partial charge in [-0.25, -0.2) is 0 Å². The fourth-order valence-electron chi connectivity index (χ4n) is 1.73. The average Bonchev–Trinajstić information content (AvgIpc) is 2.68. The topological polar surface area (TPSA) is 82.7 Å². The van der Waals surface area contributed by atoms with E-state index in [0.717, 1.165) is 0 Å². The third kappa shape index (κ3) is 2.02. The van der Waals surface area contributed by atoms with E-state index in [9.17, 15) is 15.0 Å². The molecule has 1 aromatic carbocycles. The summed E-state index contributed by atoms with van der Waals surface area (Å²) in [4.78, 5) is 10.8. The second-order valence-corrected chi connectivity index (χ2v) is 4.04. The maximum absolute atomic E-state index is 10.8. The van der Waals surface area contributed by atoms with Crippen molar-refractivity contribution in [2.75, 3.05) is 0 Å². The number of hydrogen-bond acceptors (Lipinski definition) is 3. The van der Waals surface area contributed by atoms with Crippen molar-refractivity contribution in [1.29, 1.82) is 0 Å². The summed E-state index contributed by atoms with van der Waals surface area (Å²) >= 11 is 0. The molecule has 3 N–H and O–H groups in total. The predicted octanol–water partition coefficient (Wildman–Crippen LogP) is 2.08. The first-order valence-corrected chi connectivity index (χ1v) is 5.43. The molecule has 0 aliphatic heterocycles. The summed E-state index contributed by atoms with van der Waals surface area (Å²) < 4.78 is 1.26. The number of rotatable bonds is 3. The van der Waals surface area contributed by atoms with Gasteiger partial charge in [-0.05, 0) is 24.6 Å². The molecule has 0 amide bonds. The highest BCUT2D eigenvalue weighted by atomic mass is 16.4. The number of carboxylic acids is 1. The Kier molecular flexibility index (Phi) is 2.97. The molecule has 0 saturated heterocycles. The van der Waals surface area contributed by atoms with E-state index in [-0.39, 0.29) is 11.8 Å². The van der Waals surface area contributed by atoms with Crippen LogP contribution in [0.2, 0.25) is 0 Å². The van der Waals surface area contributed by atoms with Crippen molar-refractivity contribution >= 4 is 5.97 Å². The van der Waals surface area contributed by atoms with Gasteiger partial charge < -0.3 is 15.3 Å². The number of carbonyl (C=O) groups is 1. The highest BCUT2D eigenvalue weighted by Gasteiger charge is 2.14. The van der Waals surface area contributed by atoms with Crippen molar-refractivity contribution in [2.24, 2.45) is 0 Å². The highest BCUT2D eigenvalue weighted by molar-refractivity contribution is 5.75. The molecule has 5 heteroatoms. The van der Waals surface area contributed by atoms with Gasteiger partial charge in [-0.2, -0.15) is 0 Å². The fourth-order valence-corrected chi connectivity index (χ4v) is 1.73. The minimum atomic E-state index is -0.894. The van der Waals surface area contributed by atoms with Gasteiger partial charge >= 0.3 is 5.97 Å². The minimum absolute atomic E-state index is 0.0773. The monoisotopic (exact) mass is 247 g/mol. The first-order valence-electron chi connectivity index (χ1n) is 5.43. The third-order valence-electron chi connectivity index (χ3n) is 2.86. The molecule has 1 heterocycles. The SMILES string of the molecule is CC(C(=O)O)c1ccc(-n2c(O)ccc2O)cc1. The molecular formula is C13H13NO4. The lowest BCUT2D eigenvalue weighted by atomic mass is 10.0. The molecule has 0 fully saturated rings. The smallest absolute Gasteiger partial charge is 0.310 e. The molecule has 0 bridgehead atoms. The quantitative estimate of drug-likeness (QED) is 0.775. The molecule has 2 rings (SSSR count). The van der Waals surface area contributed by atoms with Gasteiger partial charge in [-0.15, -0.1) is 0 Å². The second-order valence-electron chi connectivity index (χ2n) is 4.04. The van der Waals surface area contributed by atoms with Crippen molar-refractivity contribution in [1.82, 2.24) is 4.57 Å². The van der Waals surface area contributed by atoms with E-state index in [2.05, 4.69) is 0 Å². The van der Waals surface area contributed by atoms with Gasteiger partial charge in [-0.3, -0.25) is 9.36 Å². The van der Waals surface area contributed by atoms with E-state index in [1.165, 1.54) is 16.7 Å². The number of carboxylic acid groups (broad SMARTS) is 1. The standard InChI is InChI=1S/C13H13NO4/c1-8(13(17)18)9-2-4-10(5-3-9)14-11(15)6-7-12(14)16/h2-8,15-16H,1H3,(H,17,18). The molecular weight excluding hydrogens is 234 g/mol. The van der Waals surface area contributed by atoms with Crippen molar-refractivity contribution in [3.63, 3.8) is 0 Å². The molecule has 0 radical (unpaired) electrons. The summed E-state index contributed by atoms with van der Waals surface area (Å²) in [5.41, 5.74) is 1.23. The molecule has 18 heavy (non-hydrogen) atoms. The van der Waals surface area contributed by atoms with E-state index in [1.54, 1.807) is 31.2 Å². The van der Waals surface area contributed by atoms with Crippen molar-refractivity contribution in [3.05, 3.63) is 42.0 Å². The number of aromatic hydroxyl groups is 2. The first kappa shape index (κ1) is 12.0. The molecule has 2 aromatic rings. The number of hydrogen-bond donors (Lipinski definition) is 3. The Bertz CT molecular complexity index is 552. The van der Waals surface area contributed by atoms with Gasteiger partial charge in [0.1, 0.15) is 0 Å². The average molecular weight is 247 g/mol. The van der Waals surface area contributed by atoms with Crippen LogP contribution in [0.15, 0.2) is 36.4 Å². The molecule has 94 valence electrons. The molecule has 5 nitrogen and oxygen atoms in total. The second kappa shape index (κ2) is 4.44. The Morgan fingerprint density at radius 3 is 2.00 bits per heavy atom. The third-order valence-corrected chi connectivity index (χ3v) is 2.86. The van der Waals surface area contributed by atoms with Gasteiger partial charge in [0.05, 0.1) is 11.6 Å². The molecule has 0 aliphatic rings. The number of benzene rings is 1. The zero-order valence-corrected chi connectivity index (χ0v) is 9.74. The zero-order valence-electron chi connectivity index (χ0n) is 9.74. The maximum atomic E-state index is 10.8. The van der Waals surface area contributed by atoms with E-state index < -0.39 is 11.9 Å². The van der Waals surface area contributed by atoms with E-state index in [0.29, 0.717) is 11.3 Å². The van der Waals surface area contributed by atoms with Crippen LogP contribution in [-0.4, -0.2) is 25.9 Å². The number of aliphatic carboxylic acids is 1. The van der Waals surface area contributed by atoms with Gasteiger partial charge in [0, 0.05) is 12.1 Å². The zero-order chi connectivity index (χ0) is 13.3. The maximum Gasteiger partial charge on any atom is 0.310 e. The molecule has 1 atom stereocenters. The molecule has 0 spiro atoms. The Labute approximate surface area is 104 Å². The lowest BCUT2D eigenvalue weighted by molar-refractivity contribution is -0.138. The van der Waals surface area contributed by atoms with Crippen molar-refractivity contribution in [2.45, 2.75) is 12.8 Å². The highest BCUT2D eigenvalue weighted by Crippen LogP contribution is 2.27. The molecule has 0 saturated carbocycles. The fraction of sp³-hybridized carbons (Fsp3) is 0.154. The van der Waals surface area contributed by atoms with Crippen LogP contribution in [0.1, 0.15) is 18.4 Å².